The molecule has 0 unspecified atom stereocenters. The van der Waals surface area contributed by atoms with Crippen LogP contribution in [0, 0.1) is 29.0 Å². The second-order valence-corrected chi connectivity index (χ2v) is 7.84. The van der Waals surface area contributed by atoms with Gasteiger partial charge >= 0.3 is 6.09 Å². The minimum absolute atomic E-state index is 0.00678. The molecule has 160 valence electrons. The Morgan fingerprint density at radius 2 is 1.80 bits per heavy atom. The van der Waals surface area contributed by atoms with Crippen LogP contribution in [0.5, 0.6) is 0 Å². The molecule has 2 atom stereocenters. The summed E-state index contributed by atoms with van der Waals surface area (Å²) in [5.41, 5.74) is 0.876. The van der Waals surface area contributed by atoms with Crippen LogP contribution in [-0.2, 0) is 9.59 Å². The molecule has 2 heterocycles. The van der Waals surface area contributed by atoms with Gasteiger partial charge in [0.25, 0.3) is 0 Å². The summed E-state index contributed by atoms with van der Waals surface area (Å²) in [4.78, 5) is 39.3. The molecule has 0 aromatic heterocycles. The van der Waals surface area contributed by atoms with Crippen molar-refractivity contribution in [3.05, 3.63) is 35.6 Å². The van der Waals surface area contributed by atoms with Crippen molar-refractivity contribution in [1.82, 2.24) is 15.1 Å². The van der Waals surface area contributed by atoms with Crippen LogP contribution < -0.4 is 5.32 Å². The normalized spacial score (nSPS) is 21.9. The van der Waals surface area contributed by atoms with E-state index in [2.05, 4.69) is 5.32 Å². The lowest BCUT2D eigenvalue weighted by Gasteiger charge is -2.33. The highest BCUT2D eigenvalue weighted by molar-refractivity contribution is 5.81. The molecular weight excluding hydrogens is 391 g/mol. The summed E-state index contributed by atoms with van der Waals surface area (Å²) in [5, 5.41) is 20.0. The molecule has 0 saturated carbocycles. The molecule has 0 radical (unpaired) electrons. The number of carbonyl (C=O) groups is 3. The number of hydrogen-bond donors (Lipinski definition) is 2. The van der Waals surface area contributed by atoms with E-state index in [0.717, 1.165) is 5.56 Å². The van der Waals surface area contributed by atoms with Crippen LogP contribution >= 0.6 is 0 Å². The van der Waals surface area contributed by atoms with Gasteiger partial charge in [-0.15, -0.1) is 0 Å². The van der Waals surface area contributed by atoms with Crippen molar-refractivity contribution in [3.8, 4) is 6.07 Å². The van der Waals surface area contributed by atoms with Crippen LogP contribution in [-0.4, -0.2) is 65.5 Å². The van der Waals surface area contributed by atoms with Gasteiger partial charge in [0, 0.05) is 50.5 Å². The first-order valence-corrected chi connectivity index (χ1v) is 10.0. The van der Waals surface area contributed by atoms with Crippen LogP contribution in [0.4, 0.5) is 9.18 Å². The standard InChI is InChI=1S/C21H25FN4O4/c22-17-3-1-14(2-4-17)18-13-26(12-16(18)11-24-21(29)30)20(28)15-6-9-25(10-7-15)19(27)5-8-23/h1-4,15-16,18,24H,5-7,9-13H2,(H,29,30)/t16-,18-/m0/s1. The molecule has 2 N–H and O–H groups in total. The number of carboxylic acid groups (broad SMARTS) is 1. The fraction of sp³-hybridized carbons (Fsp3) is 0.524. The second kappa shape index (κ2) is 9.57. The maximum Gasteiger partial charge on any atom is 0.404 e. The first-order chi connectivity index (χ1) is 14.4. The van der Waals surface area contributed by atoms with Crippen molar-refractivity contribution >= 4 is 17.9 Å². The summed E-state index contributed by atoms with van der Waals surface area (Å²) in [5.74, 6) is -0.932. The third-order valence-corrected chi connectivity index (χ3v) is 5.99. The zero-order valence-corrected chi connectivity index (χ0v) is 16.6. The SMILES string of the molecule is N#CCC(=O)N1CCC(C(=O)N2C[C@H](CNC(=O)O)[C@H](c3ccc(F)cc3)C2)CC1. The molecule has 0 spiro atoms. The Labute approximate surface area is 174 Å². The number of likely N-dealkylation sites (tertiary alicyclic amines) is 2. The Bertz CT molecular complexity index is 830. The Morgan fingerprint density at radius 3 is 2.40 bits per heavy atom. The van der Waals surface area contributed by atoms with E-state index in [1.54, 1.807) is 21.9 Å². The predicted octanol–water partition coefficient (Wildman–Crippen LogP) is 1.79. The van der Waals surface area contributed by atoms with E-state index < -0.39 is 6.09 Å². The van der Waals surface area contributed by atoms with Crippen LogP contribution in [0.1, 0.15) is 30.7 Å². The minimum Gasteiger partial charge on any atom is -0.465 e. The lowest BCUT2D eigenvalue weighted by atomic mass is 9.89. The molecule has 30 heavy (non-hydrogen) atoms. The van der Waals surface area contributed by atoms with Crippen LogP contribution in [0.2, 0.25) is 0 Å². The van der Waals surface area contributed by atoms with Crippen LogP contribution in [0.25, 0.3) is 0 Å². The van der Waals surface area contributed by atoms with Crippen LogP contribution in [0.15, 0.2) is 24.3 Å². The largest absolute Gasteiger partial charge is 0.465 e. The molecule has 0 bridgehead atoms. The second-order valence-electron chi connectivity index (χ2n) is 7.84. The van der Waals surface area contributed by atoms with E-state index in [4.69, 9.17) is 10.4 Å². The van der Waals surface area contributed by atoms with E-state index in [9.17, 15) is 18.8 Å². The molecule has 2 saturated heterocycles. The van der Waals surface area contributed by atoms with Gasteiger partial charge in [0.1, 0.15) is 12.2 Å². The van der Waals surface area contributed by atoms with Gasteiger partial charge in [-0.25, -0.2) is 9.18 Å². The molecule has 1 aromatic carbocycles. The van der Waals surface area contributed by atoms with Crippen molar-refractivity contribution in [2.75, 3.05) is 32.7 Å². The Kier molecular flexibility index (Phi) is 6.87. The van der Waals surface area contributed by atoms with Crippen molar-refractivity contribution in [2.24, 2.45) is 11.8 Å². The summed E-state index contributed by atoms with van der Waals surface area (Å²) < 4.78 is 13.3. The summed E-state index contributed by atoms with van der Waals surface area (Å²) in [7, 11) is 0. The van der Waals surface area contributed by atoms with Gasteiger partial charge in [0.15, 0.2) is 0 Å². The van der Waals surface area contributed by atoms with Crippen molar-refractivity contribution < 1.29 is 23.9 Å². The lowest BCUT2D eigenvalue weighted by Crippen LogP contribution is -2.44. The number of hydrogen-bond acceptors (Lipinski definition) is 4. The zero-order valence-electron chi connectivity index (χ0n) is 16.6. The Morgan fingerprint density at radius 1 is 1.13 bits per heavy atom. The maximum atomic E-state index is 13.3. The Hall–Kier alpha value is -3.15. The minimum atomic E-state index is -1.12. The molecule has 1 aromatic rings. The molecule has 9 heteroatoms. The highest BCUT2D eigenvalue weighted by Gasteiger charge is 2.39. The Balaban J connectivity index is 1.65. The predicted molar refractivity (Wildman–Crippen MR) is 105 cm³/mol. The molecular formula is C21H25FN4O4. The van der Waals surface area contributed by atoms with Gasteiger partial charge < -0.3 is 20.2 Å². The number of nitrogens with one attached hydrogen (secondary N) is 1. The molecule has 8 nitrogen and oxygen atoms in total. The number of benzene rings is 1. The van der Waals surface area contributed by atoms with E-state index in [1.165, 1.54) is 12.1 Å². The molecule has 2 aliphatic rings. The van der Waals surface area contributed by atoms with Crippen molar-refractivity contribution in [3.63, 3.8) is 0 Å². The van der Waals surface area contributed by atoms with Crippen molar-refractivity contribution in [2.45, 2.75) is 25.2 Å². The summed E-state index contributed by atoms with van der Waals surface area (Å²) in [6.07, 6.45) is -0.174. The number of nitrogens with zero attached hydrogens (tertiary/aromatic N) is 3. The number of rotatable bonds is 5. The smallest absolute Gasteiger partial charge is 0.404 e. The monoisotopic (exact) mass is 416 g/mol. The third kappa shape index (κ3) is 5.06. The number of amides is 3. The van der Waals surface area contributed by atoms with Gasteiger partial charge in [0.05, 0.1) is 6.07 Å². The van der Waals surface area contributed by atoms with Gasteiger partial charge in [-0.2, -0.15) is 5.26 Å². The van der Waals surface area contributed by atoms with Gasteiger partial charge in [-0.1, -0.05) is 12.1 Å². The number of nitriles is 1. The topological polar surface area (TPSA) is 114 Å². The fourth-order valence-corrected chi connectivity index (χ4v) is 4.38. The first-order valence-electron chi connectivity index (χ1n) is 10.0. The maximum absolute atomic E-state index is 13.3. The van der Waals surface area contributed by atoms with Gasteiger partial charge in [-0.3, -0.25) is 9.59 Å². The highest BCUT2D eigenvalue weighted by atomic mass is 19.1. The molecule has 0 aliphatic carbocycles. The van der Waals surface area contributed by atoms with Crippen molar-refractivity contribution in [1.29, 1.82) is 5.26 Å². The lowest BCUT2D eigenvalue weighted by molar-refractivity contribution is -0.139. The quantitative estimate of drug-likeness (QED) is 0.760. The number of halogens is 1. The third-order valence-electron chi connectivity index (χ3n) is 5.99. The van der Waals surface area contributed by atoms with E-state index in [0.29, 0.717) is 39.0 Å². The fourth-order valence-electron chi connectivity index (χ4n) is 4.38. The average Bonchev–Trinajstić information content (AvgIpc) is 3.17. The molecule has 2 aliphatic heterocycles. The van der Waals surface area contributed by atoms with Crippen LogP contribution in [0.3, 0.4) is 0 Å². The summed E-state index contributed by atoms with van der Waals surface area (Å²) >= 11 is 0. The average molecular weight is 416 g/mol. The van der Waals surface area contributed by atoms with E-state index in [-0.39, 0.29) is 48.4 Å². The van der Waals surface area contributed by atoms with Gasteiger partial charge in [0.2, 0.25) is 11.8 Å². The highest BCUT2D eigenvalue weighted by Crippen LogP contribution is 2.34. The summed E-state index contributed by atoms with van der Waals surface area (Å²) in [6, 6.07) is 7.96. The molecule has 2 fully saturated rings. The van der Waals surface area contributed by atoms with E-state index in [1.807, 2.05) is 6.07 Å². The van der Waals surface area contributed by atoms with E-state index >= 15 is 0 Å². The number of carbonyl (C=O) groups excluding carboxylic acids is 2. The molecule has 3 rings (SSSR count). The molecule has 3 amide bonds. The number of piperidine rings is 1. The zero-order chi connectivity index (χ0) is 21.7. The van der Waals surface area contributed by atoms with Gasteiger partial charge in [-0.05, 0) is 30.5 Å². The first kappa shape index (κ1) is 21.6. The summed E-state index contributed by atoms with van der Waals surface area (Å²) in [6.45, 7) is 1.99.